The molecule has 0 unspecified atom stereocenters. The lowest BCUT2D eigenvalue weighted by atomic mass is 10.0. The number of rotatable bonds is 6. The van der Waals surface area contributed by atoms with Crippen molar-refractivity contribution in [2.75, 3.05) is 0 Å². The molecule has 4 heteroatoms. The van der Waals surface area contributed by atoms with Crippen molar-refractivity contribution in [3.63, 3.8) is 0 Å². The Bertz CT molecular complexity index is 645. The van der Waals surface area contributed by atoms with Gasteiger partial charge in [-0.3, -0.25) is 0 Å². The molecule has 0 saturated heterocycles. The third kappa shape index (κ3) is 3.75. The van der Waals surface area contributed by atoms with E-state index in [0.717, 1.165) is 18.4 Å². The van der Waals surface area contributed by atoms with Gasteiger partial charge in [0.15, 0.2) is 5.82 Å². The van der Waals surface area contributed by atoms with E-state index in [9.17, 15) is 0 Å². The number of nitrogens with one attached hydrogen (secondary N) is 1. The maximum atomic E-state index is 3.91. The van der Waals surface area contributed by atoms with Gasteiger partial charge in [-0.15, -0.1) is 5.10 Å². The zero-order valence-electron chi connectivity index (χ0n) is 11.9. The molecule has 3 rings (SSSR count). The molecule has 0 saturated carbocycles. The zero-order valence-corrected chi connectivity index (χ0v) is 11.9. The van der Waals surface area contributed by atoms with Gasteiger partial charge in [0.25, 0.3) is 0 Å². The molecular formula is C17H18N4. The second-order valence-electron chi connectivity index (χ2n) is 5.14. The molecule has 21 heavy (non-hydrogen) atoms. The van der Waals surface area contributed by atoms with E-state index in [1.165, 1.54) is 24.0 Å². The van der Waals surface area contributed by atoms with E-state index in [1.807, 2.05) is 0 Å². The number of aryl methyl sites for hydroxylation is 2. The van der Waals surface area contributed by atoms with Crippen LogP contribution in [0.2, 0.25) is 0 Å². The summed E-state index contributed by atoms with van der Waals surface area (Å²) in [6, 6.07) is 19.1. The van der Waals surface area contributed by atoms with Crippen molar-refractivity contribution in [1.82, 2.24) is 20.6 Å². The molecule has 0 aliphatic heterocycles. The van der Waals surface area contributed by atoms with E-state index >= 15 is 0 Å². The molecule has 0 atom stereocenters. The summed E-state index contributed by atoms with van der Waals surface area (Å²) in [6.45, 7) is 0. The van der Waals surface area contributed by atoms with Crippen molar-refractivity contribution >= 4 is 0 Å². The lowest BCUT2D eigenvalue weighted by Gasteiger charge is -2.03. The van der Waals surface area contributed by atoms with Gasteiger partial charge in [0.1, 0.15) is 0 Å². The van der Waals surface area contributed by atoms with Gasteiger partial charge in [-0.05, 0) is 47.2 Å². The number of tetrazole rings is 1. The van der Waals surface area contributed by atoms with Crippen LogP contribution in [0.25, 0.3) is 11.4 Å². The predicted molar refractivity (Wildman–Crippen MR) is 82.7 cm³/mol. The van der Waals surface area contributed by atoms with Gasteiger partial charge < -0.3 is 0 Å². The van der Waals surface area contributed by atoms with Crippen LogP contribution in [0.1, 0.15) is 24.0 Å². The Balaban J connectivity index is 1.47. The fourth-order valence-electron chi connectivity index (χ4n) is 2.41. The SMILES string of the molecule is c1ccc(CCCCc2ccc(-c3nnn[nH]3)cc2)cc1. The van der Waals surface area contributed by atoms with Crippen molar-refractivity contribution in [2.45, 2.75) is 25.7 Å². The maximum Gasteiger partial charge on any atom is 0.179 e. The molecule has 0 aliphatic carbocycles. The molecule has 3 aromatic rings. The first-order chi connectivity index (χ1) is 10.4. The summed E-state index contributed by atoms with van der Waals surface area (Å²) in [6.07, 6.45) is 4.69. The molecule has 106 valence electrons. The fraction of sp³-hybridized carbons (Fsp3) is 0.235. The fourth-order valence-corrected chi connectivity index (χ4v) is 2.41. The number of hydrogen-bond acceptors (Lipinski definition) is 3. The second-order valence-corrected chi connectivity index (χ2v) is 5.14. The lowest BCUT2D eigenvalue weighted by Crippen LogP contribution is -1.90. The van der Waals surface area contributed by atoms with Crippen LogP contribution in [0.3, 0.4) is 0 Å². The first-order valence-electron chi connectivity index (χ1n) is 7.29. The summed E-state index contributed by atoms with van der Waals surface area (Å²) in [5, 5.41) is 13.9. The number of benzene rings is 2. The first-order valence-corrected chi connectivity index (χ1v) is 7.29. The molecule has 4 nitrogen and oxygen atoms in total. The van der Waals surface area contributed by atoms with Crippen LogP contribution >= 0.6 is 0 Å². The molecule has 0 radical (unpaired) electrons. The Morgan fingerprint density at radius 3 is 2.05 bits per heavy atom. The third-order valence-electron chi connectivity index (χ3n) is 3.60. The standard InChI is InChI=1S/C17H18N4/c1-2-6-14(7-3-1)8-4-5-9-15-10-12-16(13-11-15)17-18-20-21-19-17/h1-3,6-7,10-13H,4-5,8-9H2,(H,18,19,20,21). The van der Waals surface area contributed by atoms with Crippen molar-refractivity contribution < 1.29 is 0 Å². The van der Waals surface area contributed by atoms with Crippen LogP contribution < -0.4 is 0 Å². The highest BCUT2D eigenvalue weighted by Crippen LogP contribution is 2.15. The highest BCUT2D eigenvalue weighted by molar-refractivity contribution is 5.54. The van der Waals surface area contributed by atoms with Crippen molar-refractivity contribution in [1.29, 1.82) is 0 Å². The average Bonchev–Trinajstić information content (AvgIpc) is 3.08. The van der Waals surface area contributed by atoms with E-state index < -0.39 is 0 Å². The second kappa shape index (κ2) is 6.79. The minimum Gasteiger partial charge on any atom is -0.239 e. The third-order valence-corrected chi connectivity index (χ3v) is 3.60. The molecule has 1 N–H and O–H groups in total. The number of hydrogen-bond donors (Lipinski definition) is 1. The zero-order chi connectivity index (χ0) is 14.3. The van der Waals surface area contributed by atoms with Gasteiger partial charge in [-0.1, -0.05) is 54.6 Å². The molecule has 0 amide bonds. The Kier molecular flexibility index (Phi) is 4.36. The molecule has 1 aromatic heterocycles. The van der Waals surface area contributed by atoms with Crippen LogP contribution in [0.15, 0.2) is 54.6 Å². The first kappa shape index (κ1) is 13.5. The summed E-state index contributed by atoms with van der Waals surface area (Å²) < 4.78 is 0. The number of H-pyrrole nitrogens is 1. The van der Waals surface area contributed by atoms with E-state index in [0.29, 0.717) is 5.82 Å². The van der Waals surface area contributed by atoms with Crippen LogP contribution in [0, 0.1) is 0 Å². The Labute approximate surface area is 124 Å². The molecule has 0 bridgehead atoms. The molecule has 0 aliphatic rings. The average molecular weight is 278 g/mol. The summed E-state index contributed by atoms with van der Waals surface area (Å²) in [5.74, 6) is 0.714. The largest absolute Gasteiger partial charge is 0.239 e. The number of aromatic nitrogens is 4. The molecule has 2 aromatic carbocycles. The molecular weight excluding hydrogens is 260 g/mol. The van der Waals surface area contributed by atoms with E-state index in [4.69, 9.17) is 0 Å². The Morgan fingerprint density at radius 2 is 1.43 bits per heavy atom. The summed E-state index contributed by atoms with van der Waals surface area (Å²) >= 11 is 0. The minimum atomic E-state index is 0.714. The van der Waals surface area contributed by atoms with E-state index in [-0.39, 0.29) is 0 Å². The highest BCUT2D eigenvalue weighted by atomic mass is 15.5. The number of nitrogens with zero attached hydrogens (tertiary/aromatic N) is 3. The van der Waals surface area contributed by atoms with Crippen LogP contribution in [-0.4, -0.2) is 20.6 Å². The van der Waals surface area contributed by atoms with Gasteiger partial charge in [-0.2, -0.15) is 0 Å². The van der Waals surface area contributed by atoms with Crippen molar-refractivity contribution in [2.24, 2.45) is 0 Å². The van der Waals surface area contributed by atoms with Crippen molar-refractivity contribution in [3.8, 4) is 11.4 Å². The maximum absolute atomic E-state index is 3.91. The van der Waals surface area contributed by atoms with Crippen LogP contribution in [0.5, 0.6) is 0 Å². The van der Waals surface area contributed by atoms with Gasteiger partial charge >= 0.3 is 0 Å². The molecule has 0 fully saturated rings. The van der Waals surface area contributed by atoms with E-state index in [1.54, 1.807) is 0 Å². The summed E-state index contributed by atoms with van der Waals surface area (Å²) in [7, 11) is 0. The Hall–Kier alpha value is -2.49. The minimum absolute atomic E-state index is 0.714. The molecule has 1 heterocycles. The highest BCUT2D eigenvalue weighted by Gasteiger charge is 2.01. The monoisotopic (exact) mass is 278 g/mol. The van der Waals surface area contributed by atoms with Crippen LogP contribution in [-0.2, 0) is 12.8 Å². The smallest absolute Gasteiger partial charge is 0.179 e. The van der Waals surface area contributed by atoms with Crippen LogP contribution in [0.4, 0.5) is 0 Å². The van der Waals surface area contributed by atoms with Crippen molar-refractivity contribution in [3.05, 3.63) is 65.7 Å². The lowest BCUT2D eigenvalue weighted by molar-refractivity contribution is 0.734. The van der Waals surface area contributed by atoms with Gasteiger partial charge in [0.05, 0.1) is 0 Å². The topological polar surface area (TPSA) is 54.5 Å². The predicted octanol–water partition coefficient (Wildman–Crippen LogP) is 3.43. The summed E-state index contributed by atoms with van der Waals surface area (Å²) in [5.41, 5.74) is 3.80. The molecule has 0 spiro atoms. The quantitative estimate of drug-likeness (QED) is 0.703. The van der Waals surface area contributed by atoms with Gasteiger partial charge in [0.2, 0.25) is 0 Å². The van der Waals surface area contributed by atoms with Gasteiger partial charge in [-0.25, -0.2) is 5.10 Å². The Morgan fingerprint density at radius 1 is 0.762 bits per heavy atom. The number of unbranched alkanes of at least 4 members (excludes halogenated alkanes) is 1. The summed E-state index contributed by atoms with van der Waals surface area (Å²) in [4.78, 5) is 0. The van der Waals surface area contributed by atoms with Gasteiger partial charge in [0, 0.05) is 5.56 Å². The normalized spacial score (nSPS) is 10.7. The van der Waals surface area contributed by atoms with E-state index in [2.05, 4.69) is 75.2 Å². The number of aromatic amines is 1.